The number of amides is 1. The normalized spacial score (nSPS) is 21.0. The van der Waals surface area contributed by atoms with Gasteiger partial charge < -0.3 is 15.0 Å². The summed E-state index contributed by atoms with van der Waals surface area (Å²) >= 11 is 0. The molecule has 0 bridgehead atoms. The van der Waals surface area contributed by atoms with Crippen LogP contribution in [0.4, 0.5) is 0 Å². The van der Waals surface area contributed by atoms with Gasteiger partial charge in [0.2, 0.25) is 10.0 Å². The molecule has 3 rings (SSSR count). The summed E-state index contributed by atoms with van der Waals surface area (Å²) in [6.07, 6.45) is 0.948. The maximum atomic E-state index is 12.9. The van der Waals surface area contributed by atoms with Crippen molar-refractivity contribution in [3.63, 3.8) is 0 Å². The maximum absolute atomic E-state index is 12.9. The van der Waals surface area contributed by atoms with E-state index in [1.807, 2.05) is 4.90 Å². The Balaban J connectivity index is 0.00000261. The molecule has 1 aromatic carbocycles. The Labute approximate surface area is 166 Å². The van der Waals surface area contributed by atoms with Crippen LogP contribution in [0.2, 0.25) is 0 Å². The minimum atomic E-state index is -3.71. The smallest absolute Gasteiger partial charge is 0.253 e. The molecule has 2 aliphatic rings. The van der Waals surface area contributed by atoms with Gasteiger partial charge in [0.1, 0.15) is 10.6 Å². The molecule has 1 amide bonds. The number of nitrogens with zero attached hydrogens (tertiary/aromatic N) is 2. The number of methoxy groups -OCH3 is 1. The van der Waals surface area contributed by atoms with Gasteiger partial charge in [0.05, 0.1) is 7.11 Å². The second-order valence-corrected chi connectivity index (χ2v) is 8.41. The Hall–Kier alpha value is -1.39. The van der Waals surface area contributed by atoms with Crippen LogP contribution in [-0.2, 0) is 10.0 Å². The van der Waals surface area contributed by atoms with Gasteiger partial charge in [0, 0.05) is 50.9 Å². The lowest BCUT2D eigenvalue weighted by Gasteiger charge is -2.32. The van der Waals surface area contributed by atoms with E-state index in [1.165, 1.54) is 26.3 Å². The SMILES string of the molecule is CNS(=O)(=O)c1cc(C(=O)N2CCC(N3CCNCC3)C2)ccc1OC.Cl. The molecule has 1 atom stereocenters. The average Bonchev–Trinajstić information content (AvgIpc) is 3.17. The van der Waals surface area contributed by atoms with E-state index in [9.17, 15) is 13.2 Å². The Bertz CT molecular complexity index is 768. The van der Waals surface area contributed by atoms with Crippen LogP contribution < -0.4 is 14.8 Å². The van der Waals surface area contributed by atoms with Gasteiger partial charge in [0.25, 0.3) is 5.91 Å². The summed E-state index contributed by atoms with van der Waals surface area (Å²) in [6.45, 7) is 5.33. The molecular formula is C17H27ClN4O4S. The molecule has 8 nitrogen and oxygen atoms in total. The second kappa shape index (κ2) is 9.20. The van der Waals surface area contributed by atoms with Crippen molar-refractivity contribution in [1.29, 1.82) is 0 Å². The number of likely N-dealkylation sites (tertiary alicyclic amines) is 1. The number of benzene rings is 1. The molecule has 0 aliphatic carbocycles. The predicted octanol–water partition coefficient (Wildman–Crippen LogP) is 0.145. The Kier molecular flexibility index (Phi) is 7.47. The molecule has 152 valence electrons. The van der Waals surface area contributed by atoms with E-state index < -0.39 is 10.0 Å². The lowest BCUT2D eigenvalue weighted by Crippen LogP contribution is -2.49. The third-order valence-corrected chi connectivity index (χ3v) is 6.52. The van der Waals surface area contributed by atoms with Gasteiger partial charge in [-0.1, -0.05) is 0 Å². The molecule has 0 aromatic heterocycles. The number of halogens is 1. The highest BCUT2D eigenvalue weighted by atomic mass is 35.5. The molecular weight excluding hydrogens is 392 g/mol. The standard InChI is InChI=1S/C17H26N4O4S.ClH/c1-18-26(23,24)16-11-13(3-4-15(16)25-2)17(22)21-8-5-14(12-21)20-9-6-19-7-10-20;/h3-4,11,14,18-19H,5-10,12H2,1-2H3;1H. The minimum absolute atomic E-state index is 0. The number of carbonyl (C=O) groups excluding carboxylic acids is 1. The number of carbonyl (C=O) groups is 1. The van der Waals surface area contributed by atoms with Crippen molar-refractivity contribution in [2.75, 3.05) is 53.4 Å². The topological polar surface area (TPSA) is 91.0 Å². The predicted molar refractivity (Wildman–Crippen MR) is 105 cm³/mol. The van der Waals surface area contributed by atoms with Crippen LogP contribution in [0, 0.1) is 0 Å². The van der Waals surface area contributed by atoms with Crippen molar-refractivity contribution < 1.29 is 17.9 Å². The first-order valence-corrected chi connectivity index (χ1v) is 10.3. The Morgan fingerprint density at radius 3 is 2.59 bits per heavy atom. The average molecular weight is 419 g/mol. The second-order valence-electron chi connectivity index (χ2n) is 6.55. The lowest BCUT2D eigenvalue weighted by atomic mass is 10.2. The number of rotatable bonds is 5. The zero-order valence-corrected chi connectivity index (χ0v) is 17.2. The van der Waals surface area contributed by atoms with Crippen LogP contribution in [0.25, 0.3) is 0 Å². The molecule has 2 fully saturated rings. The van der Waals surface area contributed by atoms with Crippen molar-refractivity contribution >= 4 is 28.3 Å². The minimum Gasteiger partial charge on any atom is -0.495 e. The fourth-order valence-electron chi connectivity index (χ4n) is 3.58. The van der Waals surface area contributed by atoms with Crippen molar-refractivity contribution in [1.82, 2.24) is 19.8 Å². The van der Waals surface area contributed by atoms with Gasteiger partial charge in [-0.2, -0.15) is 0 Å². The summed E-state index contributed by atoms with van der Waals surface area (Å²) in [7, 11) is -0.967. The van der Waals surface area contributed by atoms with E-state index in [4.69, 9.17) is 4.74 Å². The fraction of sp³-hybridized carbons (Fsp3) is 0.588. The lowest BCUT2D eigenvalue weighted by molar-refractivity contribution is 0.0773. The van der Waals surface area contributed by atoms with E-state index >= 15 is 0 Å². The molecule has 1 aromatic rings. The van der Waals surface area contributed by atoms with E-state index in [2.05, 4.69) is 14.9 Å². The summed E-state index contributed by atoms with van der Waals surface area (Å²) < 4.78 is 31.8. The third kappa shape index (κ3) is 4.72. The van der Waals surface area contributed by atoms with E-state index in [1.54, 1.807) is 6.07 Å². The summed E-state index contributed by atoms with van der Waals surface area (Å²) in [4.78, 5) is 17.1. The molecule has 2 aliphatic heterocycles. The zero-order valence-electron chi connectivity index (χ0n) is 15.6. The highest BCUT2D eigenvalue weighted by Crippen LogP contribution is 2.26. The number of nitrogens with one attached hydrogen (secondary N) is 2. The molecule has 2 saturated heterocycles. The van der Waals surface area contributed by atoms with E-state index in [-0.39, 0.29) is 29.0 Å². The van der Waals surface area contributed by atoms with E-state index in [0.717, 1.165) is 32.6 Å². The molecule has 0 radical (unpaired) electrons. The highest BCUT2D eigenvalue weighted by molar-refractivity contribution is 7.89. The van der Waals surface area contributed by atoms with Gasteiger partial charge in [-0.3, -0.25) is 9.69 Å². The monoisotopic (exact) mass is 418 g/mol. The van der Waals surface area contributed by atoms with Gasteiger partial charge in [-0.05, 0) is 31.7 Å². The van der Waals surface area contributed by atoms with Crippen LogP contribution in [-0.4, -0.2) is 83.6 Å². The number of hydrogen-bond donors (Lipinski definition) is 2. The first kappa shape index (κ1) is 21.9. The summed E-state index contributed by atoms with van der Waals surface area (Å²) in [6, 6.07) is 4.92. The highest BCUT2D eigenvalue weighted by Gasteiger charge is 2.32. The summed E-state index contributed by atoms with van der Waals surface area (Å²) in [5.41, 5.74) is 0.362. The fourth-order valence-corrected chi connectivity index (χ4v) is 4.50. The number of sulfonamides is 1. The maximum Gasteiger partial charge on any atom is 0.253 e. The Morgan fingerprint density at radius 2 is 1.96 bits per heavy atom. The van der Waals surface area contributed by atoms with Crippen LogP contribution in [0.3, 0.4) is 0 Å². The van der Waals surface area contributed by atoms with Crippen molar-refractivity contribution in [2.24, 2.45) is 0 Å². The van der Waals surface area contributed by atoms with Gasteiger partial charge in [-0.15, -0.1) is 12.4 Å². The molecule has 0 spiro atoms. The molecule has 1 unspecified atom stereocenters. The van der Waals surface area contributed by atoms with E-state index in [0.29, 0.717) is 24.7 Å². The molecule has 0 saturated carbocycles. The van der Waals surface area contributed by atoms with Crippen LogP contribution in [0.15, 0.2) is 23.1 Å². The summed E-state index contributed by atoms with van der Waals surface area (Å²) in [5, 5.41) is 3.34. The third-order valence-electron chi connectivity index (χ3n) is 5.09. The van der Waals surface area contributed by atoms with Crippen LogP contribution >= 0.6 is 12.4 Å². The molecule has 10 heteroatoms. The molecule has 2 heterocycles. The number of piperazine rings is 1. The van der Waals surface area contributed by atoms with Crippen LogP contribution in [0.1, 0.15) is 16.8 Å². The van der Waals surface area contributed by atoms with Gasteiger partial charge in [0.15, 0.2) is 0 Å². The quantitative estimate of drug-likeness (QED) is 0.707. The zero-order chi connectivity index (χ0) is 18.7. The first-order chi connectivity index (χ1) is 12.5. The molecule has 2 N–H and O–H groups in total. The number of hydrogen-bond acceptors (Lipinski definition) is 6. The van der Waals surface area contributed by atoms with Gasteiger partial charge >= 0.3 is 0 Å². The summed E-state index contributed by atoms with van der Waals surface area (Å²) in [5.74, 6) is 0.0776. The van der Waals surface area contributed by atoms with Crippen molar-refractivity contribution in [2.45, 2.75) is 17.4 Å². The Morgan fingerprint density at radius 1 is 1.26 bits per heavy atom. The van der Waals surface area contributed by atoms with Crippen molar-refractivity contribution in [3.8, 4) is 5.75 Å². The van der Waals surface area contributed by atoms with Gasteiger partial charge in [-0.25, -0.2) is 13.1 Å². The van der Waals surface area contributed by atoms with Crippen molar-refractivity contribution in [3.05, 3.63) is 23.8 Å². The van der Waals surface area contributed by atoms with Crippen LogP contribution in [0.5, 0.6) is 5.75 Å². The first-order valence-electron chi connectivity index (χ1n) is 8.82. The number of ether oxygens (including phenoxy) is 1. The molecule has 27 heavy (non-hydrogen) atoms. The largest absolute Gasteiger partial charge is 0.495 e.